The molecule has 0 saturated heterocycles. The van der Waals surface area contributed by atoms with Crippen LogP contribution in [0.1, 0.15) is 31.2 Å². The summed E-state index contributed by atoms with van der Waals surface area (Å²) in [6.07, 6.45) is 0. The Morgan fingerprint density at radius 1 is 0.923 bits per heavy atom. The Morgan fingerprint density at radius 3 is 2.12 bits per heavy atom. The molecule has 0 aliphatic heterocycles. The van der Waals surface area contributed by atoms with Gasteiger partial charge in [0.15, 0.2) is 6.61 Å². The number of aromatic nitrogens is 2. The maximum absolute atomic E-state index is 5.72. The molecule has 0 radical (unpaired) electrons. The number of methoxy groups -OCH3 is 2. The second-order valence-corrected chi connectivity index (χ2v) is 6.13. The van der Waals surface area contributed by atoms with Crippen molar-refractivity contribution in [2.75, 3.05) is 14.2 Å². The molecular weight excluding hydrogens is 332 g/mol. The minimum absolute atomic E-state index is 0.160. The van der Waals surface area contributed by atoms with Crippen molar-refractivity contribution in [2.45, 2.75) is 26.4 Å². The summed E-state index contributed by atoms with van der Waals surface area (Å²) < 4.78 is 21.5. The maximum atomic E-state index is 5.72. The molecule has 6 nitrogen and oxygen atoms in total. The third-order valence-electron chi connectivity index (χ3n) is 3.99. The lowest BCUT2D eigenvalue weighted by atomic mass is 10.0. The Labute approximate surface area is 152 Å². The lowest BCUT2D eigenvalue weighted by molar-refractivity contribution is 0.241. The van der Waals surface area contributed by atoms with E-state index in [0.29, 0.717) is 34.9 Å². The SMILES string of the molecule is COc1cc(OC)cc(OCc2nc(-c3ccc(C(C)C)cc3)no2)c1. The first-order valence-corrected chi connectivity index (χ1v) is 8.38. The van der Waals surface area contributed by atoms with Gasteiger partial charge in [-0.25, -0.2) is 0 Å². The van der Waals surface area contributed by atoms with E-state index in [0.717, 1.165) is 5.56 Å². The van der Waals surface area contributed by atoms with Crippen molar-refractivity contribution in [3.8, 4) is 28.6 Å². The molecule has 0 atom stereocenters. The van der Waals surface area contributed by atoms with Gasteiger partial charge in [0.05, 0.1) is 14.2 Å². The van der Waals surface area contributed by atoms with Gasteiger partial charge < -0.3 is 18.7 Å². The Balaban J connectivity index is 1.69. The highest BCUT2D eigenvalue weighted by Gasteiger charge is 2.11. The van der Waals surface area contributed by atoms with Gasteiger partial charge in [-0.1, -0.05) is 43.3 Å². The van der Waals surface area contributed by atoms with Crippen LogP contribution in [0.5, 0.6) is 17.2 Å². The summed E-state index contributed by atoms with van der Waals surface area (Å²) in [6, 6.07) is 13.5. The largest absolute Gasteiger partial charge is 0.496 e. The molecule has 0 aliphatic rings. The van der Waals surface area contributed by atoms with Crippen molar-refractivity contribution in [2.24, 2.45) is 0 Å². The zero-order valence-electron chi connectivity index (χ0n) is 15.4. The van der Waals surface area contributed by atoms with Gasteiger partial charge >= 0.3 is 0 Å². The predicted octanol–water partition coefficient (Wildman–Crippen LogP) is 4.46. The molecule has 2 aromatic carbocycles. The van der Waals surface area contributed by atoms with Gasteiger partial charge in [-0.05, 0) is 11.5 Å². The summed E-state index contributed by atoms with van der Waals surface area (Å²) in [5.41, 5.74) is 2.18. The summed E-state index contributed by atoms with van der Waals surface area (Å²) in [5, 5.41) is 4.03. The summed E-state index contributed by atoms with van der Waals surface area (Å²) >= 11 is 0. The molecule has 0 saturated carbocycles. The van der Waals surface area contributed by atoms with Crippen LogP contribution in [-0.4, -0.2) is 24.4 Å². The van der Waals surface area contributed by atoms with Crippen LogP contribution in [0.25, 0.3) is 11.4 Å². The van der Waals surface area contributed by atoms with E-state index in [-0.39, 0.29) is 6.61 Å². The first kappa shape index (κ1) is 17.8. The molecule has 26 heavy (non-hydrogen) atoms. The highest BCUT2D eigenvalue weighted by Crippen LogP contribution is 2.28. The normalized spacial score (nSPS) is 10.8. The number of hydrogen-bond donors (Lipinski definition) is 0. The fourth-order valence-electron chi connectivity index (χ4n) is 2.46. The van der Waals surface area contributed by atoms with Gasteiger partial charge in [0, 0.05) is 23.8 Å². The second kappa shape index (κ2) is 7.91. The summed E-state index contributed by atoms with van der Waals surface area (Å²) in [7, 11) is 3.18. The van der Waals surface area contributed by atoms with Gasteiger partial charge in [-0.3, -0.25) is 0 Å². The van der Waals surface area contributed by atoms with Crippen molar-refractivity contribution in [1.29, 1.82) is 0 Å². The molecule has 0 fully saturated rings. The zero-order valence-corrected chi connectivity index (χ0v) is 15.4. The third kappa shape index (κ3) is 4.14. The molecule has 0 spiro atoms. The molecule has 3 rings (SSSR count). The molecule has 0 N–H and O–H groups in total. The number of hydrogen-bond acceptors (Lipinski definition) is 6. The lowest BCUT2D eigenvalue weighted by Gasteiger charge is -2.08. The Morgan fingerprint density at radius 2 is 1.54 bits per heavy atom. The third-order valence-corrected chi connectivity index (χ3v) is 3.99. The van der Waals surface area contributed by atoms with Crippen LogP contribution < -0.4 is 14.2 Å². The molecule has 1 aromatic heterocycles. The number of nitrogens with zero attached hydrogens (tertiary/aromatic N) is 2. The first-order chi connectivity index (χ1) is 12.6. The van der Waals surface area contributed by atoms with Crippen LogP contribution in [0.15, 0.2) is 47.0 Å². The quantitative estimate of drug-likeness (QED) is 0.624. The number of ether oxygens (including phenoxy) is 3. The van der Waals surface area contributed by atoms with Crippen molar-refractivity contribution >= 4 is 0 Å². The Kier molecular flexibility index (Phi) is 5.41. The van der Waals surface area contributed by atoms with E-state index >= 15 is 0 Å². The topological polar surface area (TPSA) is 66.6 Å². The monoisotopic (exact) mass is 354 g/mol. The van der Waals surface area contributed by atoms with Crippen LogP contribution >= 0.6 is 0 Å². The zero-order chi connectivity index (χ0) is 18.5. The number of benzene rings is 2. The van der Waals surface area contributed by atoms with Crippen LogP contribution in [-0.2, 0) is 6.61 Å². The predicted molar refractivity (Wildman–Crippen MR) is 97.7 cm³/mol. The standard InChI is InChI=1S/C20H22N2O4/c1-13(2)14-5-7-15(8-6-14)20-21-19(26-22-20)12-25-18-10-16(23-3)9-17(11-18)24-4/h5-11,13H,12H2,1-4H3. The smallest absolute Gasteiger partial charge is 0.264 e. The highest BCUT2D eigenvalue weighted by atomic mass is 16.5. The molecule has 6 heteroatoms. The van der Waals surface area contributed by atoms with E-state index in [1.165, 1.54) is 5.56 Å². The van der Waals surface area contributed by atoms with Crippen LogP contribution in [0.3, 0.4) is 0 Å². The van der Waals surface area contributed by atoms with Gasteiger partial charge in [0.25, 0.3) is 5.89 Å². The van der Waals surface area contributed by atoms with Gasteiger partial charge in [0.1, 0.15) is 17.2 Å². The van der Waals surface area contributed by atoms with E-state index in [1.54, 1.807) is 32.4 Å². The molecule has 0 bridgehead atoms. The van der Waals surface area contributed by atoms with E-state index in [9.17, 15) is 0 Å². The Bertz CT molecular complexity index is 834. The summed E-state index contributed by atoms with van der Waals surface area (Å²) in [4.78, 5) is 4.39. The van der Waals surface area contributed by atoms with E-state index in [4.69, 9.17) is 18.7 Å². The summed E-state index contributed by atoms with van der Waals surface area (Å²) in [5.74, 6) is 3.32. The van der Waals surface area contributed by atoms with Gasteiger partial charge in [-0.2, -0.15) is 4.98 Å². The average molecular weight is 354 g/mol. The molecule has 0 aliphatic carbocycles. The van der Waals surface area contributed by atoms with Gasteiger partial charge in [-0.15, -0.1) is 0 Å². The lowest BCUT2D eigenvalue weighted by Crippen LogP contribution is -1.97. The van der Waals surface area contributed by atoms with Crippen LogP contribution in [0.2, 0.25) is 0 Å². The van der Waals surface area contributed by atoms with Crippen molar-refractivity contribution in [1.82, 2.24) is 10.1 Å². The highest BCUT2D eigenvalue weighted by molar-refractivity contribution is 5.54. The van der Waals surface area contributed by atoms with E-state index in [1.807, 2.05) is 12.1 Å². The fraction of sp³-hybridized carbons (Fsp3) is 0.300. The van der Waals surface area contributed by atoms with Crippen LogP contribution in [0.4, 0.5) is 0 Å². The minimum Gasteiger partial charge on any atom is -0.496 e. The van der Waals surface area contributed by atoms with Crippen molar-refractivity contribution in [3.05, 3.63) is 53.9 Å². The first-order valence-electron chi connectivity index (χ1n) is 8.38. The molecular formula is C20H22N2O4. The molecule has 0 amide bonds. The molecule has 0 unspecified atom stereocenters. The van der Waals surface area contributed by atoms with Gasteiger partial charge in [0.2, 0.25) is 5.82 Å². The maximum Gasteiger partial charge on any atom is 0.264 e. The fourth-order valence-corrected chi connectivity index (χ4v) is 2.46. The molecule has 136 valence electrons. The second-order valence-electron chi connectivity index (χ2n) is 6.13. The van der Waals surface area contributed by atoms with Crippen LogP contribution in [0, 0.1) is 0 Å². The van der Waals surface area contributed by atoms with E-state index in [2.05, 4.69) is 36.1 Å². The Hall–Kier alpha value is -3.02. The van der Waals surface area contributed by atoms with Crippen molar-refractivity contribution < 1.29 is 18.7 Å². The molecule has 3 aromatic rings. The number of rotatable bonds is 7. The molecule has 1 heterocycles. The van der Waals surface area contributed by atoms with Crippen molar-refractivity contribution in [3.63, 3.8) is 0 Å². The minimum atomic E-state index is 0.160. The van der Waals surface area contributed by atoms with E-state index < -0.39 is 0 Å². The average Bonchev–Trinajstić information content (AvgIpc) is 3.15. The summed E-state index contributed by atoms with van der Waals surface area (Å²) in [6.45, 7) is 4.48.